The van der Waals surface area contributed by atoms with Crippen molar-refractivity contribution < 1.29 is 4.74 Å². The van der Waals surface area contributed by atoms with E-state index in [1.165, 1.54) is 51.4 Å². The molecule has 2 saturated carbocycles. The van der Waals surface area contributed by atoms with Gasteiger partial charge in [0.1, 0.15) is 0 Å². The number of ether oxygens (including phenoxy) is 1. The monoisotopic (exact) mass is 281 g/mol. The lowest BCUT2D eigenvalue weighted by Gasteiger charge is -2.42. The maximum atomic E-state index is 6.44. The zero-order chi connectivity index (χ0) is 14.4. The van der Waals surface area contributed by atoms with Crippen molar-refractivity contribution in [3.05, 3.63) is 0 Å². The molecule has 0 aromatic rings. The van der Waals surface area contributed by atoms with Crippen LogP contribution in [-0.4, -0.2) is 25.3 Å². The Labute approximate surface area is 126 Å². The molecule has 2 nitrogen and oxygen atoms in total. The molecule has 0 atom stereocenters. The lowest BCUT2D eigenvalue weighted by atomic mass is 9.74. The van der Waals surface area contributed by atoms with Crippen molar-refractivity contribution in [2.75, 3.05) is 19.7 Å². The number of rotatable bonds is 8. The molecule has 0 aliphatic heterocycles. The van der Waals surface area contributed by atoms with E-state index in [0.717, 1.165) is 37.5 Å². The fourth-order valence-corrected chi connectivity index (χ4v) is 3.78. The highest BCUT2D eigenvalue weighted by molar-refractivity contribution is 4.90. The average molecular weight is 281 g/mol. The summed E-state index contributed by atoms with van der Waals surface area (Å²) in [7, 11) is 0. The normalized spacial score (nSPS) is 31.5. The van der Waals surface area contributed by atoms with Gasteiger partial charge in [-0.05, 0) is 56.4 Å². The fraction of sp³-hybridized carbons (Fsp3) is 1.00. The zero-order valence-corrected chi connectivity index (χ0v) is 13.9. The Morgan fingerprint density at radius 1 is 1.15 bits per heavy atom. The van der Waals surface area contributed by atoms with Crippen LogP contribution < -0.4 is 5.32 Å². The van der Waals surface area contributed by atoms with Gasteiger partial charge in [0.2, 0.25) is 0 Å². The van der Waals surface area contributed by atoms with E-state index in [4.69, 9.17) is 4.74 Å². The topological polar surface area (TPSA) is 21.3 Å². The van der Waals surface area contributed by atoms with Crippen LogP contribution in [0.2, 0.25) is 0 Å². The van der Waals surface area contributed by atoms with Crippen LogP contribution in [0.3, 0.4) is 0 Å². The molecule has 0 bridgehead atoms. The minimum Gasteiger partial charge on any atom is -0.374 e. The van der Waals surface area contributed by atoms with Crippen molar-refractivity contribution in [3.63, 3.8) is 0 Å². The predicted octanol–water partition coefficient (Wildman–Crippen LogP) is 4.39. The number of hydrogen-bond acceptors (Lipinski definition) is 2. The van der Waals surface area contributed by atoms with Crippen molar-refractivity contribution >= 4 is 0 Å². The molecule has 2 rings (SSSR count). The lowest BCUT2D eigenvalue weighted by molar-refractivity contribution is -0.0847. The second kappa shape index (κ2) is 7.79. The molecule has 0 aromatic heterocycles. The van der Waals surface area contributed by atoms with Gasteiger partial charge in [-0.25, -0.2) is 0 Å². The first-order valence-corrected chi connectivity index (χ1v) is 9.00. The highest BCUT2D eigenvalue weighted by atomic mass is 16.5. The molecule has 0 radical (unpaired) electrons. The van der Waals surface area contributed by atoms with Crippen LogP contribution in [-0.2, 0) is 4.74 Å². The lowest BCUT2D eigenvalue weighted by Crippen LogP contribution is -2.46. The SMILES string of the molecule is CCNCC1(OCCC2CCC2)CCC(C(C)C)CC1. The summed E-state index contributed by atoms with van der Waals surface area (Å²) in [6.45, 7) is 10.0. The summed E-state index contributed by atoms with van der Waals surface area (Å²) in [5, 5.41) is 3.54. The van der Waals surface area contributed by atoms with E-state index in [-0.39, 0.29) is 5.60 Å². The summed E-state index contributed by atoms with van der Waals surface area (Å²) in [6, 6.07) is 0. The molecular formula is C18H35NO. The van der Waals surface area contributed by atoms with Crippen molar-refractivity contribution in [1.29, 1.82) is 0 Å². The van der Waals surface area contributed by atoms with Crippen LogP contribution in [0.4, 0.5) is 0 Å². The minimum absolute atomic E-state index is 0.144. The standard InChI is InChI=1S/C18H35NO/c1-4-19-14-18(20-13-10-16-6-5-7-16)11-8-17(9-12-18)15(2)3/h15-17,19H,4-14H2,1-3H3. The van der Waals surface area contributed by atoms with Gasteiger partial charge in [0.05, 0.1) is 5.60 Å². The second-order valence-electron chi connectivity index (χ2n) is 7.48. The van der Waals surface area contributed by atoms with Crippen molar-refractivity contribution in [2.45, 2.75) is 77.7 Å². The van der Waals surface area contributed by atoms with Gasteiger partial charge in [-0.15, -0.1) is 0 Å². The maximum Gasteiger partial charge on any atom is 0.0806 e. The molecule has 0 saturated heterocycles. The molecule has 20 heavy (non-hydrogen) atoms. The molecule has 2 heteroatoms. The van der Waals surface area contributed by atoms with E-state index in [0.29, 0.717) is 0 Å². The molecule has 0 heterocycles. The van der Waals surface area contributed by atoms with Gasteiger partial charge in [0.25, 0.3) is 0 Å². The molecule has 2 aliphatic carbocycles. The van der Waals surface area contributed by atoms with Gasteiger partial charge < -0.3 is 10.1 Å². The van der Waals surface area contributed by atoms with Gasteiger partial charge in [0.15, 0.2) is 0 Å². The van der Waals surface area contributed by atoms with Crippen LogP contribution in [0.25, 0.3) is 0 Å². The Kier molecular flexibility index (Phi) is 6.35. The summed E-state index contributed by atoms with van der Waals surface area (Å²) >= 11 is 0. The summed E-state index contributed by atoms with van der Waals surface area (Å²) in [4.78, 5) is 0. The molecule has 2 aliphatic rings. The molecule has 0 unspecified atom stereocenters. The largest absolute Gasteiger partial charge is 0.374 e. The van der Waals surface area contributed by atoms with Crippen LogP contribution in [0, 0.1) is 17.8 Å². The number of nitrogens with one attached hydrogen (secondary N) is 1. The van der Waals surface area contributed by atoms with Gasteiger partial charge in [0, 0.05) is 13.2 Å². The Balaban J connectivity index is 1.78. The van der Waals surface area contributed by atoms with Gasteiger partial charge in [-0.2, -0.15) is 0 Å². The van der Waals surface area contributed by atoms with E-state index in [1.54, 1.807) is 0 Å². The third-order valence-electron chi connectivity index (χ3n) is 5.74. The first-order chi connectivity index (χ1) is 9.65. The summed E-state index contributed by atoms with van der Waals surface area (Å²) < 4.78 is 6.44. The third-order valence-corrected chi connectivity index (χ3v) is 5.74. The Morgan fingerprint density at radius 2 is 1.85 bits per heavy atom. The molecule has 0 amide bonds. The van der Waals surface area contributed by atoms with Crippen LogP contribution >= 0.6 is 0 Å². The van der Waals surface area contributed by atoms with Crippen molar-refractivity contribution in [2.24, 2.45) is 17.8 Å². The molecule has 0 spiro atoms. The smallest absolute Gasteiger partial charge is 0.0806 e. The van der Waals surface area contributed by atoms with E-state index in [2.05, 4.69) is 26.1 Å². The Morgan fingerprint density at radius 3 is 2.35 bits per heavy atom. The van der Waals surface area contributed by atoms with Gasteiger partial charge >= 0.3 is 0 Å². The molecule has 2 fully saturated rings. The zero-order valence-electron chi connectivity index (χ0n) is 13.9. The summed E-state index contributed by atoms with van der Waals surface area (Å²) in [5.74, 6) is 2.72. The summed E-state index contributed by atoms with van der Waals surface area (Å²) in [5.41, 5.74) is 0.144. The molecule has 0 aromatic carbocycles. The highest BCUT2D eigenvalue weighted by Crippen LogP contribution is 2.38. The second-order valence-corrected chi connectivity index (χ2v) is 7.48. The molecule has 118 valence electrons. The van der Waals surface area contributed by atoms with Crippen molar-refractivity contribution in [1.82, 2.24) is 5.32 Å². The minimum atomic E-state index is 0.144. The van der Waals surface area contributed by atoms with E-state index < -0.39 is 0 Å². The Bertz CT molecular complexity index is 265. The molecular weight excluding hydrogens is 246 g/mol. The van der Waals surface area contributed by atoms with Crippen LogP contribution in [0.1, 0.15) is 72.1 Å². The number of likely N-dealkylation sites (N-methyl/N-ethyl adjacent to an activating group) is 1. The predicted molar refractivity (Wildman–Crippen MR) is 86.0 cm³/mol. The summed E-state index contributed by atoms with van der Waals surface area (Å²) in [6.07, 6.45) is 10.8. The average Bonchev–Trinajstić information content (AvgIpc) is 2.40. The maximum absolute atomic E-state index is 6.44. The highest BCUT2D eigenvalue weighted by Gasteiger charge is 2.36. The van der Waals surface area contributed by atoms with Crippen LogP contribution in [0.5, 0.6) is 0 Å². The molecule has 1 N–H and O–H groups in total. The van der Waals surface area contributed by atoms with Crippen LogP contribution in [0.15, 0.2) is 0 Å². The fourth-order valence-electron chi connectivity index (χ4n) is 3.78. The Hall–Kier alpha value is -0.0800. The third kappa shape index (κ3) is 4.46. The first kappa shape index (κ1) is 16.3. The number of hydrogen-bond donors (Lipinski definition) is 1. The van der Waals surface area contributed by atoms with E-state index in [1.807, 2.05) is 0 Å². The van der Waals surface area contributed by atoms with Gasteiger partial charge in [-0.3, -0.25) is 0 Å². The van der Waals surface area contributed by atoms with Crippen molar-refractivity contribution in [3.8, 4) is 0 Å². The van der Waals surface area contributed by atoms with E-state index in [9.17, 15) is 0 Å². The first-order valence-electron chi connectivity index (χ1n) is 9.00. The van der Waals surface area contributed by atoms with E-state index >= 15 is 0 Å². The quantitative estimate of drug-likeness (QED) is 0.712. The van der Waals surface area contributed by atoms with Gasteiger partial charge in [-0.1, -0.05) is 40.0 Å².